The van der Waals surface area contributed by atoms with E-state index in [1.54, 1.807) is 0 Å². The van der Waals surface area contributed by atoms with Crippen LogP contribution in [-0.2, 0) is 25.8 Å². The van der Waals surface area contributed by atoms with E-state index in [0.717, 1.165) is 24.7 Å². The molecule has 0 bridgehead atoms. The summed E-state index contributed by atoms with van der Waals surface area (Å²) in [7, 11) is 0. The minimum Gasteiger partial charge on any atom is -0.412 e. The Morgan fingerprint density at radius 3 is 0.846 bits per heavy atom. The SMILES string of the molecule is O.O.[CH2-]CC(C)C.[CH2-]CC(C)C.[Hf]. The van der Waals surface area contributed by atoms with Crippen molar-refractivity contribution < 1.29 is 36.8 Å². The molecule has 0 aromatic rings. The summed E-state index contributed by atoms with van der Waals surface area (Å²) in [5.74, 6) is 1.55. The molecule has 0 unspecified atom stereocenters. The second kappa shape index (κ2) is 23.0. The zero-order chi connectivity index (χ0) is 8.57. The van der Waals surface area contributed by atoms with Gasteiger partial charge in [-0.1, -0.05) is 39.5 Å². The third-order valence-electron chi connectivity index (χ3n) is 1.15. The van der Waals surface area contributed by atoms with Crippen molar-refractivity contribution in [1.82, 2.24) is 0 Å². The van der Waals surface area contributed by atoms with E-state index in [9.17, 15) is 0 Å². The Labute approximate surface area is 103 Å². The average molecular weight is 357 g/mol. The average Bonchev–Trinajstić information content (AvgIpc) is 1.89. The Morgan fingerprint density at radius 1 is 0.769 bits per heavy atom. The minimum absolute atomic E-state index is 0. The van der Waals surface area contributed by atoms with Crippen LogP contribution >= 0.6 is 0 Å². The van der Waals surface area contributed by atoms with Gasteiger partial charge in [0.05, 0.1) is 0 Å². The molecule has 13 heavy (non-hydrogen) atoms. The minimum atomic E-state index is 0. The van der Waals surface area contributed by atoms with Gasteiger partial charge in [0.25, 0.3) is 0 Å². The van der Waals surface area contributed by atoms with Gasteiger partial charge in [-0.2, -0.15) is 12.8 Å². The standard InChI is InChI=1S/2C5H11.Hf.2H2O/c2*1-4-5(2)3;;;/h2*5H,1,4H2,2-3H3;;2*1H2/q2*-1;;;. The molecule has 0 saturated carbocycles. The molecule has 0 aliphatic carbocycles. The maximum Gasteiger partial charge on any atom is 0 e. The summed E-state index contributed by atoms with van der Waals surface area (Å²) < 4.78 is 0. The first-order chi connectivity index (χ1) is 4.54. The van der Waals surface area contributed by atoms with Crippen molar-refractivity contribution in [3.05, 3.63) is 13.8 Å². The number of hydrogen-bond acceptors (Lipinski definition) is 0. The van der Waals surface area contributed by atoms with Gasteiger partial charge in [0.2, 0.25) is 0 Å². The van der Waals surface area contributed by atoms with E-state index in [-0.39, 0.29) is 36.8 Å². The molecule has 0 heterocycles. The van der Waals surface area contributed by atoms with E-state index >= 15 is 0 Å². The van der Waals surface area contributed by atoms with Crippen LogP contribution in [-0.4, -0.2) is 11.0 Å². The van der Waals surface area contributed by atoms with Gasteiger partial charge in [0.15, 0.2) is 0 Å². The van der Waals surface area contributed by atoms with Crippen molar-refractivity contribution in [3.8, 4) is 0 Å². The molecule has 2 nitrogen and oxygen atoms in total. The van der Waals surface area contributed by atoms with Crippen LogP contribution < -0.4 is 0 Å². The predicted molar refractivity (Wildman–Crippen MR) is 56.9 cm³/mol. The van der Waals surface area contributed by atoms with Gasteiger partial charge in [-0.05, 0) is 0 Å². The summed E-state index contributed by atoms with van der Waals surface area (Å²) >= 11 is 0. The summed E-state index contributed by atoms with van der Waals surface area (Å²) in [6.07, 6.45) is 2.11. The van der Waals surface area contributed by atoms with Gasteiger partial charge in [0.1, 0.15) is 0 Å². The molecule has 0 aromatic carbocycles. The summed E-state index contributed by atoms with van der Waals surface area (Å²) in [6, 6.07) is 0. The van der Waals surface area contributed by atoms with Crippen LogP contribution in [0.3, 0.4) is 0 Å². The third kappa shape index (κ3) is 64.9. The van der Waals surface area contributed by atoms with E-state index < -0.39 is 0 Å². The van der Waals surface area contributed by atoms with Crippen LogP contribution in [0.5, 0.6) is 0 Å². The molecule has 3 heteroatoms. The molecule has 0 fully saturated rings. The van der Waals surface area contributed by atoms with Gasteiger partial charge < -0.3 is 24.8 Å². The molecule has 0 atom stereocenters. The summed E-state index contributed by atoms with van der Waals surface area (Å²) in [5, 5.41) is 0. The van der Waals surface area contributed by atoms with Gasteiger partial charge in [0, 0.05) is 25.8 Å². The monoisotopic (exact) mass is 358 g/mol. The molecule has 0 rings (SSSR count). The van der Waals surface area contributed by atoms with Crippen molar-refractivity contribution in [3.63, 3.8) is 0 Å². The Bertz CT molecular complexity index is 48.9. The van der Waals surface area contributed by atoms with Crippen LogP contribution in [0.4, 0.5) is 0 Å². The molecular weight excluding hydrogens is 331 g/mol. The van der Waals surface area contributed by atoms with E-state index in [0.29, 0.717) is 0 Å². The van der Waals surface area contributed by atoms with Crippen LogP contribution in [0.25, 0.3) is 0 Å². The predicted octanol–water partition coefficient (Wildman–Crippen LogP) is 2.08. The molecule has 0 aliphatic heterocycles. The van der Waals surface area contributed by atoms with Crippen molar-refractivity contribution in [1.29, 1.82) is 0 Å². The van der Waals surface area contributed by atoms with Crippen molar-refractivity contribution >= 4 is 0 Å². The molecule has 0 saturated heterocycles. The second-order valence-electron chi connectivity index (χ2n) is 3.37. The van der Waals surface area contributed by atoms with Crippen molar-refractivity contribution in [2.24, 2.45) is 11.8 Å². The van der Waals surface area contributed by atoms with Crippen molar-refractivity contribution in [2.75, 3.05) is 0 Å². The fraction of sp³-hybridized carbons (Fsp3) is 0.800. The maximum absolute atomic E-state index is 3.69. The largest absolute Gasteiger partial charge is 0.412 e. The zero-order valence-electron chi connectivity index (χ0n) is 9.48. The first-order valence-electron chi connectivity index (χ1n) is 4.13. The second-order valence-corrected chi connectivity index (χ2v) is 3.37. The molecule has 0 spiro atoms. The normalized spacial score (nSPS) is 7.38. The van der Waals surface area contributed by atoms with E-state index in [1.807, 2.05) is 0 Å². The molecule has 4 N–H and O–H groups in total. The first kappa shape index (κ1) is 29.2. The molecular formula is C10H26HfO2-2. The van der Waals surface area contributed by atoms with Crippen LogP contribution in [0.15, 0.2) is 0 Å². The number of hydrogen-bond donors (Lipinski definition) is 0. The van der Waals surface area contributed by atoms with Crippen molar-refractivity contribution in [2.45, 2.75) is 40.5 Å². The van der Waals surface area contributed by atoms with E-state index in [4.69, 9.17) is 0 Å². The smallest absolute Gasteiger partial charge is 0 e. The maximum atomic E-state index is 3.69. The van der Waals surface area contributed by atoms with Gasteiger partial charge >= 0.3 is 0 Å². The molecule has 0 radical (unpaired) electrons. The Hall–Kier alpha value is 0.790. The van der Waals surface area contributed by atoms with Crippen LogP contribution in [0.2, 0.25) is 0 Å². The fourth-order valence-corrected chi connectivity index (χ4v) is 0. The number of rotatable bonds is 2. The quantitative estimate of drug-likeness (QED) is 0.537. The zero-order valence-corrected chi connectivity index (χ0v) is 13.1. The van der Waals surface area contributed by atoms with Crippen LogP contribution in [0, 0.1) is 25.7 Å². The Balaban J connectivity index is -0.0000000267. The molecule has 84 valence electrons. The van der Waals surface area contributed by atoms with E-state index in [2.05, 4.69) is 41.5 Å². The molecule has 0 aromatic heterocycles. The topological polar surface area (TPSA) is 63.0 Å². The van der Waals surface area contributed by atoms with Crippen LogP contribution in [0.1, 0.15) is 40.5 Å². The van der Waals surface area contributed by atoms with Gasteiger partial charge in [-0.3, -0.25) is 0 Å². The van der Waals surface area contributed by atoms with Gasteiger partial charge in [-0.25, -0.2) is 0 Å². The Kier molecular flexibility index (Phi) is 51.7. The summed E-state index contributed by atoms with van der Waals surface area (Å²) in [6.45, 7) is 16.0. The fourth-order valence-electron chi connectivity index (χ4n) is 0. The Morgan fingerprint density at radius 2 is 0.846 bits per heavy atom. The van der Waals surface area contributed by atoms with E-state index in [1.165, 1.54) is 0 Å². The first-order valence-corrected chi connectivity index (χ1v) is 4.13. The summed E-state index contributed by atoms with van der Waals surface area (Å²) in [5.41, 5.74) is 0. The van der Waals surface area contributed by atoms with Gasteiger partial charge in [-0.15, -0.1) is 0 Å². The molecule has 0 aliphatic rings. The third-order valence-corrected chi connectivity index (χ3v) is 1.15. The molecule has 0 amide bonds. The summed E-state index contributed by atoms with van der Waals surface area (Å²) in [4.78, 5) is 0.